The molecule has 2 heterocycles. The van der Waals surface area contributed by atoms with Crippen molar-refractivity contribution in [2.45, 2.75) is 25.7 Å². The maximum absolute atomic E-state index is 13.0. The lowest BCUT2D eigenvalue weighted by Gasteiger charge is -2.24. The highest BCUT2D eigenvalue weighted by molar-refractivity contribution is 6.30. The first-order valence-corrected chi connectivity index (χ1v) is 9.92. The van der Waals surface area contributed by atoms with Crippen molar-refractivity contribution >= 4 is 23.2 Å². The van der Waals surface area contributed by atoms with Crippen LogP contribution < -0.4 is 10.6 Å². The molecule has 144 valence electrons. The maximum Gasteiger partial charge on any atom is 0.259 e. The van der Waals surface area contributed by atoms with Crippen molar-refractivity contribution in [2.24, 2.45) is 0 Å². The molecule has 0 radical (unpaired) electrons. The molecular formula is C22H23ClN4O. The number of carbonyl (C=O) groups is 1. The average molecular weight is 395 g/mol. The summed E-state index contributed by atoms with van der Waals surface area (Å²) >= 11 is 5.94. The summed E-state index contributed by atoms with van der Waals surface area (Å²) in [4.78, 5) is 13.0. The second-order valence-electron chi connectivity index (χ2n) is 7.18. The third-order valence-corrected chi connectivity index (χ3v) is 5.41. The van der Waals surface area contributed by atoms with Crippen LogP contribution in [0.4, 0.5) is 5.69 Å². The third-order valence-electron chi connectivity index (χ3n) is 5.16. The van der Waals surface area contributed by atoms with E-state index < -0.39 is 0 Å². The van der Waals surface area contributed by atoms with E-state index >= 15 is 0 Å². The van der Waals surface area contributed by atoms with E-state index in [1.165, 1.54) is 5.56 Å². The molecule has 0 spiro atoms. The van der Waals surface area contributed by atoms with Gasteiger partial charge in [-0.1, -0.05) is 29.3 Å². The molecule has 0 bridgehead atoms. The molecule has 0 unspecified atom stereocenters. The van der Waals surface area contributed by atoms with E-state index in [0.717, 1.165) is 37.3 Å². The van der Waals surface area contributed by atoms with Gasteiger partial charge in [-0.15, -0.1) is 0 Å². The van der Waals surface area contributed by atoms with E-state index in [1.807, 2.05) is 16.8 Å². The first kappa shape index (κ1) is 18.7. The number of aromatic nitrogens is 2. The van der Waals surface area contributed by atoms with Crippen molar-refractivity contribution < 1.29 is 4.79 Å². The Morgan fingerprint density at radius 3 is 2.46 bits per heavy atom. The van der Waals surface area contributed by atoms with Crippen LogP contribution in [0.3, 0.4) is 0 Å². The van der Waals surface area contributed by atoms with Gasteiger partial charge in [0.25, 0.3) is 5.91 Å². The summed E-state index contributed by atoms with van der Waals surface area (Å²) in [6, 6.07) is 15.4. The summed E-state index contributed by atoms with van der Waals surface area (Å²) in [5, 5.41) is 11.6. The minimum absolute atomic E-state index is 0.144. The van der Waals surface area contributed by atoms with Crippen LogP contribution >= 0.6 is 11.6 Å². The van der Waals surface area contributed by atoms with Crippen LogP contribution in [0.1, 0.15) is 40.4 Å². The van der Waals surface area contributed by atoms with E-state index in [0.29, 0.717) is 16.3 Å². The van der Waals surface area contributed by atoms with Crippen LogP contribution in [-0.2, 0) is 0 Å². The number of nitrogens with zero attached hydrogens (tertiary/aromatic N) is 2. The van der Waals surface area contributed by atoms with E-state index in [4.69, 9.17) is 11.6 Å². The Hall–Kier alpha value is -2.63. The molecule has 1 saturated heterocycles. The Kier molecular flexibility index (Phi) is 5.46. The Balaban J connectivity index is 1.70. The third kappa shape index (κ3) is 3.96. The molecule has 0 aliphatic carbocycles. The lowest BCUT2D eigenvalue weighted by molar-refractivity contribution is 0.102. The lowest BCUT2D eigenvalue weighted by atomic mass is 9.91. The van der Waals surface area contributed by atoms with Crippen molar-refractivity contribution in [3.8, 4) is 5.69 Å². The van der Waals surface area contributed by atoms with Crippen LogP contribution in [-0.4, -0.2) is 28.8 Å². The van der Waals surface area contributed by atoms with Crippen molar-refractivity contribution in [3.05, 3.63) is 76.6 Å². The Labute approximate surface area is 169 Å². The number of carbonyl (C=O) groups excluding carboxylic acids is 1. The predicted octanol–water partition coefficient (Wildman–Crippen LogP) is 4.55. The van der Waals surface area contributed by atoms with Gasteiger partial charge in [0.1, 0.15) is 0 Å². The van der Waals surface area contributed by atoms with E-state index in [9.17, 15) is 4.79 Å². The molecule has 1 aliphatic heterocycles. The minimum atomic E-state index is -0.144. The Morgan fingerprint density at radius 1 is 1.11 bits per heavy atom. The number of hydrogen-bond acceptors (Lipinski definition) is 3. The summed E-state index contributed by atoms with van der Waals surface area (Å²) < 4.78 is 1.92. The molecule has 2 aromatic carbocycles. The highest BCUT2D eigenvalue weighted by atomic mass is 35.5. The molecule has 6 heteroatoms. The highest BCUT2D eigenvalue weighted by Crippen LogP contribution is 2.31. The SMILES string of the molecule is Cc1ccc(-n2ncc(C(=O)Nc3ccc(Cl)cc3)c2C2CCNCC2)cc1. The quantitative estimate of drug-likeness (QED) is 0.682. The normalized spacial score (nSPS) is 14.8. The lowest BCUT2D eigenvalue weighted by Crippen LogP contribution is -2.29. The zero-order valence-electron chi connectivity index (χ0n) is 15.8. The summed E-state index contributed by atoms with van der Waals surface area (Å²) in [6.45, 7) is 3.95. The molecule has 2 N–H and O–H groups in total. The van der Waals surface area contributed by atoms with E-state index in [1.54, 1.807) is 30.5 Å². The summed E-state index contributed by atoms with van der Waals surface area (Å²) in [7, 11) is 0. The molecule has 3 aromatic rings. The average Bonchev–Trinajstić information content (AvgIpc) is 3.16. The van der Waals surface area contributed by atoms with Gasteiger partial charge in [-0.2, -0.15) is 5.10 Å². The number of hydrogen-bond donors (Lipinski definition) is 2. The van der Waals surface area contributed by atoms with Gasteiger partial charge >= 0.3 is 0 Å². The van der Waals surface area contributed by atoms with Gasteiger partial charge in [0.05, 0.1) is 23.1 Å². The van der Waals surface area contributed by atoms with Gasteiger partial charge < -0.3 is 10.6 Å². The minimum Gasteiger partial charge on any atom is -0.322 e. The molecule has 1 aliphatic rings. The topological polar surface area (TPSA) is 59.0 Å². The Morgan fingerprint density at radius 2 is 1.79 bits per heavy atom. The molecule has 0 saturated carbocycles. The van der Waals surface area contributed by atoms with Crippen molar-refractivity contribution in [1.29, 1.82) is 0 Å². The number of benzene rings is 2. The summed E-state index contributed by atoms with van der Waals surface area (Å²) in [5.41, 5.74) is 4.50. The number of nitrogens with one attached hydrogen (secondary N) is 2. The Bertz CT molecular complexity index is 957. The predicted molar refractivity (Wildman–Crippen MR) is 113 cm³/mol. The summed E-state index contributed by atoms with van der Waals surface area (Å²) in [6.07, 6.45) is 3.65. The van der Waals surface area contributed by atoms with Crippen LogP contribution in [0.15, 0.2) is 54.7 Å². The van der Waals surface area contributed by atoms with Gasteiger partial charge in [0.15, 0.2) is 0 Å². The molecule has 1 amide bonds. The number of halogens is 1. The van der Waals surface area contributed by atoms with Gasteiger partial charge in [-0.05, 0) is 69.3 Å². The summed E-state index contributed by atoms with van der Waals surface area (Å²) in [5.74, 6) is 0.144. The number of amides is 1. The fourth-order valence-electron chi connectivity index (χ4n) is 3.64. The monoisotopic (exact) mass is 394 g/mol. The molecule has 4 rings (SSSR count). The molecule has 5 nitrogen and oxygen atoms in total. The van der Waals surface area contributed by atoms with Crippen LogP contribution in [0.5, 0.6) is 0 Å². The zero-order chi connectivity index (χ0) is 19.5. The number of aryl methyl sites for hydroxylation is 1. The van der Waals surface area contributed by atoms with Gasteiger partial charge in [0, 0.05) is 16.6 Å². The van der Waals surface area contributed by atoms with Gasteiger partial charge in [-0.3, -0.25) is 4.79 Å². The number of anilines is 1. The van der Waals surface area contributed by atoms with Crippen LogP contribution in [0.25, 0.3) is 5.69 Å². The molecule has 1 aromatic heterocycles. The fraction of sp³-hybridized carbons (Fsp3) is 0.273. The standard InChI is InChI=1S/C22H23ClN4O/c1-15-2-8-19(9-3-15)27-21(16-10-12-24-13-11-16)20(14-25-27)22(28)26-18-6-4-17(23)5-7-18/h2-9,14,16,24H,10-13H2,1H3,(H,26,28). The van der Waals surface area contributed by atoms with E-state index in [-0.39, 0.29) is 11.8 Å². The van der Waals surface area contributed by atoms with Crippen LogP contribution in [0, 0.1) is 6.92 Å². The molecule has 0 atom stereocenters. The maximum atomic E-state index is 13.0. The molecular weight excluding hydrogens is 372 g/mol. The van der Waals surface area contributed by atoms with E-state index in [2.05, 4.69) is 34.8 Å². The van der Waals surface area contributed by atoms with Crippen LogP contribution in [0.2, 0.25) is 5.02 Å². The number of rotatable bonds is 4. The smallest absolute Gasteiger partial charge is 0.259 e. The first-order valence-electron chi connectivity index (χ1n) is 9.54. The molecule has 28 heavy (non-hydrogen) atoms. The molecule has 1 fully saturated rings. The fourth-order valence-corrected chi connectivity index (χ4v) is 3.77. The first-order chi connectivity index (χ1) is 13.6. The number of piperidine rings is 1. The zero-order valence-corrected chi connectivity index (χ0v) is 16.5. The van der Waals surface area contributed by atoms with Gasteiger partial charge in [0.2, 0.25) is 0 Å². The second kappa shape index (κ2) is 8.17. The van der Waals surface area contributed by atoms with Crippen molar-refractivity contribution in [1.82, 2.24) is 15.1 Å². The highest BCUT2D eigenvalue weighted by Gasteiger charge is 2.27. The van der Waals surface area contributed by atoms with Gasteiger partial charge in [-0.25, -0.2) is 4.68 Å². The largest absolute Gasteiger partial charge is 0.322 e. The van der Waals surface area contributed by atoms with Crippen molar-refractivity contribution in [2.75, 3.05) is 18.4 Å². The van der Waals surface area contributed by atoms with Crippen molar-refractivity contribution in [3.63, 3.8) is 0 Å². The second-order valence-corrected chi connectivity index (χ2v) is 7.61.